The molecule has 1 saturated heterocycles. The van der Waals surface area contributed by atoms with E-state index in [0.29, 0.717) is 13.2 Å². The summed E-state index contributed by atoms with van der Waals surface area (Å²) >= 11 is 0. The fraction of sp³-hybridized carbons (Fsp3) is 0.214. The largest absolute Gasteiger partial charge is 0.447 e. The van der Waals surface area contributed by atoms with Gasteiger partial charge in [-0.05, 0) is 5.56 Å². The third kappa shape index (κ3) is 2.75. The van der Waals surface area contributed by atoms with Crippen LogP contribution in [0, 0.1) is 0 Å². The van der Waals surface area contributed by atoms with Crippen LogP contribution < -0.4 is 0 Å². The minimum absolute atomic E-state index is 0.0112. The molecule has 1 aliphatic rings. The normalized spacial score (nSPS) is 19.6. The molecule has 1 aromatic carbocycles. The third-order valence-corrected chi connectivity index (χ3v) is 2.70. The molecule has 0 radical (unpaired) electrons. The standard InChI is InChI=1S/C14H15NO2/c1-2-13-11-17-14(16)15(13)10-6-9-12-7-4-3-5-8-12/h2-9,13H,1,10-11H2/b9-6+/t13-/m0/s1. The predicted molar refractivity (Wildman–Crippen MR) is 67.5 cm³/mol. The van der Waals surface area contributed by atoms with Gasteiger partial charge < -0.3 is 4.74 Å². The van der Waals surface area contributed by atoms with E-state index >= 15 is 0 Å². The zero-order valence-electron chi connectivity index (χ0n) is 9.58. The molecule has 1 aromatic rings. The Balaban J connectivity index is 1.95. The number of hydrogen-bond acceptors (Lipinski definition) is 2. The first-order valence-electron chi connectivity index (χ1n) is 5.59. The van der Waals surface area contributed by atoms with Gasteiger partial charge in [0.2, 0.25) is 0 Å². The highest BCUT2D eigenvalue weighted by molar-refractivity contribution is 5.71. The molecule has 0 unspecified atom stereocenters. The van der Waals surface area contributed by atoms with Gasteiger partial charge in [-0.1, -0.05) is 48.6 Å². The Kier molecular flexibility index (Phi) is 3.60. The Morgan fingerprint density at radius 3 is 2.88 bits per heavy atom. The highest BCUT2D eigenvalue weighted by atomic mass is 16.6. The fourth-order valence-corrected chi connectivity index (χ4v) is 1.74. The van der Waals surface area contributed by atoms with Crippen LogP contribution in [-0.2, 0) is 4.74 Å². The number of carbonyl (C=O) groups is 1. The predicted octanol–water partition coefficient (Wildman–Crippen LogP) is 2.71. The van der Waals surface area contributed by atoms with E-state index in [1.807, 2.05) is 42.5 Å². The lowest BCUT2D eigenvalue weighted by atomic mass is 10.2. The minimum atomic E-state index is -0.271. The van der Waals surface area contributed by atoms with Crippen molar-refractivity contribution in [2.24, 2.45) is 0 Å². The van der Waals surface area contributed by atoms with Crippen molar-refractivity contribution in [3.05, 3.63) is 54.6 Å². The van der Waals surface area contributed by atoms with E-state index in [0.717, 1.165) is 5.56 Å². The summed E-state index contributed by atoms with van der Waals surface area (Å²) in [5.41, 5.74) is 1.12. The van der Waals surface area contributed by atoms with Crippen molar-refractivity contribution in [1.82, 2.24) is 4.90 Å². The van der Waals surface area contributed by atoms with Crippen molar-refractivity contribution in [2.45, 2.75) is 6.04 Å². The van der Waals surface area contributed by atoms with Crippen LogP contribution in [0.3, 0.4) is 0 Å². The number of cyclic esters (lactones) is 1. The third-order valence-electron chi connectivity index (χ3n) is 2.70. The summed E-state index contributed by atoms with van der Waals surface area (Å²) in [5, 5.41) is 0. The molecule has 1 amide bonds. The average molecular weight is 229 g/mol. The van der Waals surface area contributed by atoms with Crippen LogP contribution >= 0.6 is 0 Å². The highest BCUT2D eigenvalue weighted by Crippen LogP contribution is 2.13. The van der Waals surface area contributed by atoms with Crippen molar-refractivity contribution in [1.29, 1.82) is 0 Å². The zero-order valence-corrected chi connectivity index (χ0v) is 9.58. The van der Waals surface area contributed by atoms with Gasteiger partial charge in [-0.3, -0.25) is 4.90 Å². The number of hydrogen-bond donors (Lipinski definition) is 0. The molecule has 1 heterocycles. The Bertz CT molecular complexity index is 425. The van der Waals surface area contributed by atoms with E-state index in [2.05, 4.69) is 6.58 Å². The summed E-state index contributed by atoms with van der Waals surface area (Å²) in [5.74, 6) is 0. The first-order valence-corrected chi connectivity index (χ1v) is 5.59. The summed E-state index contributed by atoms with van der Waals surface area (Å²) in [6.45, 7) is 4.65. The quantitative estimate of drug-likeness (QED) is 0.743. The molecule has 0 aromatic heterocycles. The van der Waals surface area contributed by atoms with Gasteiger partial charge in [0, 0.05) is 6.54 Å². The van der Waals surface area contributed by atoms with Gasteiger partial charge in [-0.25, -0.2) is 4.79 Å². The van der Waals surface area contributed by atoms with Crippen LogP contribution in [0.25, 0.3) is 6.08 Å². The van der Waals surface area contributed by atoms with Crippen molar-refractivity contribution < 1.29 is 9.53 Å². The summed E-state index contributed by atoms with van der Waals surface area (Å²) in [7, 11) is 0. The van der Waals surface area contributed by atoms with E-state index in [1.165, 1.54) is 0 Å². The van der Waals surface area contributed by atoms with Crippen LogP contribution in [-0.4, -0.2) is 30.2 Å². The van der Waals surface area contributed by atoms with Crippen LogP contribution in [0.5, 0.6) is 0 Å². The lowest BCUT2D eigenvalue weighted by molar-refractivity contribution is 0.160. The number of ether oxygens (including phenoxy) is 1. The molecule has 88 valence electrons. The lowest BCUT2D eigenvalue weighted by Gasteiger charge is -2.15. The Labute approximate surface area is 101 Å². The molecule has 0 N–H and O–H groups in total. The molecule has 3 nitrogen and oxygen atoms in total. The van der Waals surface area contributed by atoms with Gasteiger partial charge in [-0.15, -0.1) is 6.58 Å². The number of carbonyl (C=O) groups excluding carboxylic acids is 1. The number of benzene rings is 1. The Morgan fingerprint density at radius 1 is 1.41 bits per heavy atom. The summed E-state index contributed by atoms with van der Waals surface area (Å²) < 4.78 is 4.95. The maximum Gasteiger partial charge on any atom is 0.410 e. The molecular weight excluding hydrogens is 214 g/mol. The molecule has 1 fully saturated rings. The van der Waals surface area contributed by atoms with Crippen molar-refractivity contribution >= 4 is 12.2 Å². The molecule has 17 heavy (non-hydrogen) atoms. The van der Waals surface area contributed by atoms with Gasteiger partial charge in [0.25, 0.3) is 0 Å². The van der Waals surface area contributed by atoms with Gasteiger partial charge in [0.1, 0.15) is 6.61 Å². The SMILES string of the molecule is C=C[C@H]1COC(=O)N1C/C=C/c1ccccc1. The van der Waals surface area contributed by atoms with Crippen molar-refractivity contribution in [2.75, 3.05) is 13.2 Å². The Hall–Kier alpha value is -2.03. The van der Waals surface area contributed by atoms with Gasteiger partial charge in [0.05, 0.1) is 6.04 Å². The molecule has 1 aliphatic heterocycles. The maximum absolute atomic E-state index is 11.4. The minimum Gasteiger partial charge on any atom is -0.447 e. The van der Waals surface area contributed by atoms with Gasteiger partial charge in [0.15, 0.2) is 0 Å². The average Bonchev–Trinajstić information content (AvgIpc) is 2.72. The molecular formula is C14H15NO2. The first kappa shape index (κ1) is 11.5. The second-order valence-corrected chi connectivity index (χ2v) is 3.85. The van der Waals surface area contributed by atoms with Crippen LogP contribution in [0.15, 0.2) is 49.1 Å². The topological polar surface area (TPSA) is 29.5 Å². The smallest absolute Gasteiger partial charge is 0.410 e. The van der Waals surface area contributed by atoms with Crippen molar-refractivity contribution in [3.8, 4) is 0 Å². The van der Waals surface area contributed by atoms with Crippen molar-refractivity contribution in [3.63, 3.8) is 0 Å². The Morgan fingerprint density at radius 2 is 2.18 bits per heavy atom. The number of rotatable bonds is 4. The van der Waals surface area contributed by atoms with E-state index < -0.39 is 0 Å². The molecule has 3 heteroatoms. The number of nitrogens with zero attached hydrogens (tertiary/aromatic N) is 1. The summed E-state index contributed by atoms with van der Waals surface area (Å²) in [6, 6.07) is 9.96. The van der Waals surface area contributed by atoms with Gasteiger partial charge in [-0.2, -0.15) is 0 Å². The first-order chi connectivity index (χ1) is 8.31. The lowest BCUT2D eigenvalue weighted by Crippen LogP contribution is -2.31. The fourth-order valence-electron chi connectivity index (χ4n) is 1.74. The monoisotopic (exact) mass is 229 g/mol. The second kappa shape index (κ2) is 5.34. The molecule has 2 rings (SSSR count). The molecule has 0 spiro atoms. The summed E-state index contributed by atoms with van der Waals surface area (Å²) in [6.07, 6.45) is 5.42. The highest BCUT2D eigenvalue weighted by Gasteiger charge is 2.29. The van der Waals surface area contributed by atoms with Crippen LogP contribution in [0.1, 0.15) is 5.56 Å². The van der Waals surface area contributed by atoms with Gasteiger partial charge >= 0.3 is 6.09 Å². The maximum atomic E-state index is 11.4. The van der Waals surface area contributed by atoms with E-state index in [-0.39, 0.29) is 12.1 Å². The molecule has 0 saturated carbocycles. The zero-order chi connectivity index (χ0) is 12.1. The summed E-state index contributed by atoms with van der Waals surface area (Å²) in [4.78, 5) is 13.1. The van der Waals surface area contributed by atoms with Crippen LogP contribution in [0.4, 0.5) is 4.79 Å². The molecule has 1 atom stereocenters. The number of amides is 1. The van der Waals surface area contributed by atoms with E-state index in [9.17, 15) is 4.79 Å². The van der Waals surface area contributed by atoms with E-state index in [1.54, 1.807) is 11.0 Å². The second-order valence-electron chi connectivity index (χ2n) is 3.85. The van der Waals surface area contributed by atoms with E-state index in [4.69, 9.17) is 4.74 Å². The molecule has 0 bridgehead atoms. The van der Waals surface area contributed by atoms with Crippen LogP contribution in [0.2, 0.25) is 0 Å². The molecule has 0 aliphatic carbocycles.